The molecule has 0 aliphatic carbocycles. The zero-order valence-electron chi connectivity index (χ0n) is 9.61. The first-order chi connectivity index (χ1) is 8.82. The Morgan fingerprint density at radius 1 is 1.53 bits per heavy atom. The number of methoxy groups -OCH3 is 1. The molecule has 0 amide bonds. The molecule has 0 spiro atoms. The fourth-order valence-electron chi connectivity index (χ4n) is 1.34. The van der Waals surface area contributed by atoms with Gasteiger partial charge in [0.25, 0.3) is 0 Å². The number of nitrogens with zero attached hydrogens (tertiary/aromatic N) is 1. The summed E-state index contributed by atoms with van der Waals surface area (Å²) in [6, 6.07) is 3.61. The predicted octanol–water partition coefficient (Wildman–Crippen LogP) is 2.45. The lowest BCUT2D eigenvalue weighted by Gasteiger charge is -2.12. The van der Waals surface area contributed by atoms with Crippen molar-refractivity contribution in [2.75, 3.05) is 7.11 Å². The maximum Gasteiger partial charge on any atom is 0.446 e. The van der Waals surface area contributed by atoms with Gasteiger partial charge in [0.15, 0.2) is 0 Å². The summed E-state index contributed by atoms with van der Waals surface area (Å²) in [6.07, 6.45) is 0. The first-order valence-electron chi connectivity index (χ1n) is 4.84. The zero-order valence-corrected chi connectivity index (χ0v) is 10.4. The Bertz CT molecular complexity index is 537. The number of ether oxygens (including phenoxy) is 1. The molecule has 0 saturated carbocycles. The Labute approximate surface area is 110 Å². The van der Waals surface area contributed by atoms with Crippen molar-refractivity contribution in [3.05, 3.63) is 28.8 Å². The lowest BCUT2D eigenvalue weighted by Crippen LogP contribution is -2.08. The maximum absolute atomic E-state index is 12.4. The Balaban J connectivity index is 3.38. The highest BCUT2D eigenvalue weighted by molar-refractivity contribution is 8.00. The van der Waals surface area contributed by atoms with Crippen molar-refractivity contribution in [3.8, 4) is 6.07 Å². The van der Waals surface area contributed by atoms with Crippen molar-refractivity contribution in [1.82, 2.24) is 0 Å². The molecule has 0 aliphatic rings. The topological polar surface area (TPSA) is 70.3 Å². The van der Waals surface area contributed by atoms with Crippen molar-refractivity contribution in [3.63, 3.8) is 0 Å². The van der Waals surface area contributed by atoms with Crippen LogP contribution >= 0.6 is 11.8 Å². The standard InChI is InChI=1S/C11H8F3NO3S/c1-18-10(17)8-3-9(19-11(12,13)14)7(5-16)2-6(8)4-15/h2-3,16H,5H2,1H3. The summed E-state index contributed by atoms with van der Waals surface area (Å²) in [6.45, 7) is -0.672. The monoisotopic (exact) mass is 291 g/mol. The van der Waals surface area contributed by atoms with Crippen LogP contribution in [0, 0.1) is 11.3 Å². The molecule has 0 radical (unpaired) electrons. The fraction of sp³-hybridized carbons (Fsp3) is 0.273. The van der Waals surface area contributed by atoms with Crippen molar-refractivity contribution in [1.29, 1.82) is 5.26 Å². The summed E-state index contributed by atoms with van der Waals surface area (Å²) in [5.74, 6) is -0.912. The number of aliphatic hydroxyl groups excluding tert-OH is 1. The summed E-state index contributed by atoms with van der Waals surface area (Å²) < 4.78 is 41.5. The van der Waals surface area contributed by atoms with Crippen LogP contribution in [0.15, 0.2) is 17.0 Å². The van der Waals surface area contributed by atoms with Gasteiger partial charge in [-0.05, 0) is 29.5 Å². The molecule has 19 heavy (non-hydrogen) atoms. The first-order valence-corrected chi connectivity index (χ1v) is 5.66. The highest BCUT2D eigenvalue weighted by Gasteiger charge is 2.31. The molecule has 0 bridgehead atoms. The van der Waals surface area contributed by atoms with Crippen LogP contribution in [-0.4, -0.2) is 23.7 Å². The van der Waals surface area contributed by atoms with Gasteiger partial charge >= 0.3 is 11.5 Å². The molecule has 1 aromatic rings. The second kappa shape index (κ2) is 5.95. The molecule has 0 aliphatic heterocycles. The molecule has 4 nitrogen and oxygen atoms in total. The van der Waals surface area contributed by atoms with E-state index in [4.69, 9.17) is 10.4 Å². The third-order valence-electron chi connectivity index (χ3n) is 2.12. The van der Waals surface area contributed by atoms with E-state index in [9.17, 15) is 18.0 Å². The number of aliphatic hydroxyl groups is 1. The first kappa shape index (κ1) is 15.3. The van der Waals surface area contributed by atoms with Gasteiger partial charge in [-0.1, -0.05) is 0 Å². The Kier molecular flexibility index (Phi) is 4.80. The second-order valence-corrected chi connectivity index (χ2v) is 4.42. The number of hydrogen-bond donors (Lipinski definition) is 1. The van der Waals surface area contributed by atoms with Gasteiger partial charge < -0.3 is 9.84 Å². The normalized spacial score (nSPS) is 10.9. The third-order valence-corrected chi connectivity index (χ3v) is 2.95. The van der Waals surface area contributed by atoms with Crippen molar-refractivity contribution < 1.29 is 27.8 Å². The molecule has 0 saturated heterocycles. The van der Waals surface area contributed by atoms with Gasteiger partial charge in [-0.2, -0.15) is 18.4 Å². The van der Waals surface area contributed by atoms with E-state index in [-0.39, 0.29) is 21.6 Å². The third kappa shape index (κ3) is 3.87. The number of nitriles is 1. The van der Waals surface area contributed by atoms with E-state index in [1.807, 2.05) is 0 Å². The number of rotatable bonds is 3. The van der Waals surface area contributed by atoms with Crippen LogP contribution in [0.1, 0.15) is 21.5 Å². The van der Waals surface area contributed by atoms with Crippen molar-refractivity contribution in [2.24, 2.45) is 0 Å². The molecule has 0 heterocycles. The SMILES string of the molecule is COC(=O)c1cc(SC(F)(F)F)c(CO)cc1C#N. The molecule has 0 aromatic heterocycles. The number of hydrogen-bond acceptors (Lipinski definition) is 5. The quantitative estimate of drug-likeness (QED) is 0.684. The maximum atomic E-state index is 12.4. The molecule has 0 fully saturated rings. The van der Waals surface area contributed by atoms with Gasteiger partial charge in [0, 0.05) is 4.90 Å². The lowest BCUT2D eigenvalue weighted by molar-refractivity contribution is -0.0328. The van der Waals surface area contributed by atoms with Crippen molar-refractivity contribution >= 4 is 17.7 Å². The van der Waals surface area contributed by atoms with E-state index in [2.05, 4.69) is 4.74 Å². The van der Waals surface area contributed by atoms with Gasteiger partial charge in [0.2, 0.25) is 0 Å². The van der Waals surface area contributed by atoms with E-state index < -0.39 is 29.8 Å². The Hall–Kier alpha value is -1.72. The number of esters is 1. The molecule has 0 atom stereocenters. The van der Waals surface area contributed by atoms with Crippen LogP contribution < -0.4 is 0 Å². The van der Waals surface area contributed by atoms with Gasteiger partial charge in [0.05, 0.1) is 24.8 Å². The number of carbonyl (C=O) groups is 1. The summed E-state index contributed by atoms with van der Waals surface area (Å²) in [7, 11) is 1.06. The second-order valence-electron chi connectivity index (χ2n) is 3.31. The molecule has 0 unspecified atom stereocenters. The largest absolute Gasteiger partial charge is 0.465 e. The Morgan fingerprint density at radius 3 is 2.58 bits per heavy atom. The van der Waals surface area contributed by atoms with Crippen LogP contribution in [0.4, 0.5) is 13.2 Å². The highest BCUT2D eigenvalue weighted by atomic mass is 32.2. The van der Waals surface area contributed by atoms with Crippen LogP contribution in [0.3, 0.4) is 0 Å². The molecule has 1 aromatic carbocycles. The summed E-state index contributed by atoms with van der Waals surface area (Å²) >= 11 is -0.464. The minimum absolute atomic E-state index is 0.0773. The lowest BCUT2D eigenvalue weighted by atomic mass is 10.1. The molecule has 8 heteroatoms. The smallest absolute Gasteiger partial charge is 0.446 e. The molecule has 1 rings (SSSR count). The van der Waals surface area contributed by atoms with Crippen LogP contribution in [0.5, 0.6) is 0 Å². The van der Waals surface area contributed by atoms with Gasteiger partial charge in [0.1, 0.15) is 6.07 Å². The van der Waals surface area contributed by atoms with E-state index in [1.54, 1.807) is 6.07 Å². The van der Waals surface area contributed by atoms with Gasteiger partial charge in [-0.15, -0.1) is 0 Å². The zero-order chi connectivity index (χ0) is 14.6. The van der Waals surface area contributed by atoms with Gasteiger partial charge in [-0.3, -0.25) is 0 Å². The van der Waals surface area contributed by atoms with E-state index >= 15 is 0 Å². The number of alkyl halides is 3. The highest BCUT2D eigenvalue weighted by Crippen LogP contribution is 2.39. The molecule has 102 valence electrons. The number of carbonyl (C=O) groups excluding carboxylic acids is 1. The molecule has 1 N–H and O–H groups in total. The summed E-state index contributed by atoms with van der Waals surface area (Å²) in [5.41, 5.74) is -5.06. The predicted molar refractivity (Wildman–Crippen MR) is 60.3 cm³/mol. The average Bonchev–Trinajstić information content (AvgIpc) is 2.35. The van der Waals surface area contributed by atoms with Gasteiger partial charge in [-0.25, -0.2) is 4.79 Å². The fourth-order valence-corrected chi connectivity index (χ4v) is 2.02. The van der Waals surface area contributed by atoms with E-state index in [0.29, 0.717) is 0 Å². The van der Waals surface area contributed by atoms with Crippen molar-refractivity contribution in [2.45, 2.75) is 17.0 Å². The van der Waals surface area contributed by atoms with E-state index in [0.717, 1.165) is 19.2 Å². The summed E-state index contributed by atoms with van der Waals surface area (Å²) in [5, 5.41) is 17.9. The minimum atomic E-state index is -4.56. The van der Waals surface area contributed by atoms with Crippen LogP contribution in [-0.2, 0) is 11.3 Å². The summed E-state index contributed by atoms with van der Waals surface area (Å²) in [4.78, 5) is 11.0. The average molecular weight is 291 g/mol. The number of benzene rings is 1. The van der Waals surface area contributed by atoms with Crippen LogP contribution in [0.2, 0.25) is 0 Å². The minimum Gasteiger partial charge on any atom is -0.465 e. The number of thioether (sulfide) groups is 1. The molecular weight excluding hydrogens is 283 g/mol. The Morgan fingerprint density at radius 2 is 2.16 bits per heavy atom. The van der Waals surface area contributed by atoms with E-state index in [1.165, 1.54) is 0 Å². The molecular formula is C11H8F3NO3S. The van der Waals surface area contributed by atoms with Crippen LogP contribution in [0.25, 0.3) is 0 Å². The number of halogens is 3.